The zero-order valence-corrected chi connectivity index (χ0v) is 13.2. The van der Waals surface area contributed by atoms with E-state index in [4.69, 9.17) is 4.74 Å². The molecule has 3 rings (SSSR count). The van der Waals surface area contributed by atoms with E-state index in [2.05, 4.69) is 26.9 Å². The van der Waals surface area contributed by atoms with E-state index in [0.717, 1.165) is 30.9 Å². The Hall–Kier alpha value is -2.44. The summed E-state index contributed by atoms with van der Waals surface area (Å²) >= 11 is 0. The largest absolute Gasteiger partial charge is 0.495 e. The van der Waals surface area contributed by atoms with E-state index in [-0.39, 0.29) is 11.9 Å². The molecule has 23 heavy (non-hydrogen) atoms. The molecule has 3 N–H and O–H groups in total. The highest BCUT2D eigenvalue weighted by molar-refractivity contribution is 5.90. The third-order valence-electron chi connectivity index (χ3n) is 4.37. The number of para-hydroxylation sites is 2. The zero-order chi connectivity index (χ0) is 16.2. The molecule has 1 aromatic rings. The Bertz CT molecular complexity index is 592. The first kappa shape index (κ1) is 15.5. The molecule has 2 aliphatic heterocycles. The first-order valence-corrected chi connectivity index (χ1v) is 7.87. The predicted molar refractivity (Wildman–Crippen MR) is 86.6 cm³/mol. The van der Waals surface area contributed by atoms with Crippen molar-refractivity contribution in [1.82, 2.24) is 16.0 Å². The second-order valence-electron chi connectivity index (χ2n) is 5.92. The van der Waals surface area contributed by atoms with E-state index >= 15 is 0 Å². The number of methoxy groups -OCH3 is 1. The first-order chi connectivity index (χ1) is 11.2. The molecule has 7 nitrogen and oxygen atoms in total. The number of amides is 3. The van der Waals surface area contributed by atoms with Crippen LogP contribution in [0.1, 0.15) is 6.42 Å². The Morgan fingerprint density at radius 1 is 1.43 bits per heavy atom. The SMILES string of the molecule is COc1ccccc1N1CC[C@@H](CNC(=O)[C@@H]2CNC(=O)N2)C1. The number of ether oxygens (including phenoxy) is 1. The predicted octanol–water partition coefficient (Wildman–Crippen LogP) is 0.319. The molecule has 2 atom stereocenters. The fraction of sp³-hybridized carbons (Fsp3) is 0.500. The van der Waals surface area contributed by atoms with Crippen LogP contribution >= 0.6 is 0 Å². The number of benzene rings is 1. The van der Waals surface area contributed by atoms with Gasteiger partial charge >= 0.3 is 6.03 Å². The van der Waals surface area contributed by atoms with Crippen LogP contribution in [-0.2, 0) is 4.79 Å². The minimum atomic E-state index is -0.464. The van der Waals surface area contributed by atoms with Gasteiger partial charge in [-0.25, -0.2) is 4.79 Å². The molecule has 124 valence electrons. The second-order valence-corrected chi connectivity index (χ2v) is 5.92. The van der Waals surface area contributed by atoms with Crippen molar-refractivity contribution in [2.24, 2.45) is 5.92 Å². The minimum Gasteiger partial charge on any atom is -0.495 e. The maximum atomic E-state index is 12.0. The molecule has 1 aromatic carbocycles. The van der Waals surface area contributed by atoms with Crippen LogP contribution in [0.15, 0.2) is 24.3 Å². The van der Waals surface area contributed by atoms with Gasteiger partial charge < -0.3 is 25.6 Å². The Balaban J connectivity index is 1.50. The molecule has 0 aliphatic carbocycles. The highest BCUT2D eigenvalue weighted by Crippen LogP contribution is 2.31. The van der Waals surface area contributed by atoms with E-state index in [1.165, 1.54) is 0 Å². The van der Waals surface area contributed by atoms with Gasteiger partial charge in [0.05, 0.1) is 12.8 Å². The van der Waals surface area contributed by atoms with Gasteiger partial charge in [0.25, 0.3) is 0 Å². The number of nitrogens with zero attached hydrogens (tertiary/aromatic N) is 1. The molecule has 2 heterocycles. The minimum absolute atomic E-state index is 0.126. The lowest BCUT2D eigenvalue weighted by molar-refractivity contribution is -0.122. The second kappa shape index (κ2) is 6.76. The van der Waals surface area contributed by atoms with Crippen LogP contribution < -0.4 is 25.6 Å². The summed E-state index contributed by atoms with van der Waals surface area (Å²) in [6, 6.07) is 7.23. The summed E-state index contributed by atoms with van der Waals surface area (Å²) in [5.74, 6) is 1.14. The molecule has 0 spiro atoms. The molecule has 0 radical (unpaired) electrons. The molecule has 7 heteroatoms. The van der Waals surface area contributed by atoms with Gasteiger partial charge in [0.1, 0.15) is 11.8 Å². The number of rotatable bonds is 5. The van der Waals surface area contributed by atoms with Gasteiger partial charge in [-0.3, -0.25) is 4.79 Å². The van der Waals surface area contributed by atoms with Gasteiger partial charge in [-0.15, -0.1) is 0 Å². The molecule has 0 bridgehead atoms. The third-order valence-corrected chi connectivity index (χ3v) is 4.37. The van der Waals surface area contributed by atoms with Crippen molar-refractivity contribution in [3.05, 3.63) is 24.3 Å². The summed E-state index contributed by atoms with van der Waals surface area (Å²) in [5.41, 5.74) is 1.09. The van der Waals surface area contributed by atoms with Crippen molar-refractivity contribution in [1.29, 1.82) is 0 Å². The molecule has 0 unspecified atom stereocenters. The first-order valence-electron chi connectivity index (χ1n) is 7.87. The Labute approximate surface area is 135 Å². The molecule has 2 saturated heterocycles. The fourth-order valence-electron chi connectivity index (χ4n) is 3.09. The molecule has 0 saturated carbocycles. The van der Waals surface area contributed by atoms with Crippen LogP contribution in [-0.4, -0.2) is 51.3 Å². The summed E-state index contributed by atoms with van der Waals surface area (Å²) < 4.78 is 5.41. The topological polar surface area (TPSA) is 82.7 Å². The molecule has 2 fully saturated rings. The molecule has 3 amide bonds. The van der Waals surface area contributed by atoms with Crippen LogP contribution in [0.25, 0.3) is 0 Å². The summed E-state index contributed by atoms with van der Waals surface area (Å²) in [6.07, 6.45) is 1.02. The number of carbonyl (C=O) groups excluding carboxylic acids is 2. The average molecular weight is 318 g/mol. The van der Waals surface area contributed by atoms with Crippen LogP contribution in [0.2, 0.25) is 0 Å². The van der Waals surface area contributed by atoms with Crippen molar-refractivity contribution in [2.75, 3.05) is 38.2 Å². The molecule has 0 aromatic heterocycles. The van der Waals surface area contributed by atoms with Crippen LogP contribution in [0.3, 0.4) is 0 Å². The third kappa shape index (κ3) is 3.49. The van der Waals surface area contributed by atoms with E-state index in [9.17, 15) is 9.59 Å². The summed E-state index contributed by atoms with van der Waals surface area (Å²) in [6.45, 7) is 2.80. The average Bonchev–Trinajstić information content (AvgIpc) is 3.21. The van der Waals surface area contributed by atoms with Gasteiger partial charge in [0, 0.05) is 26.2 Å². The molecule has 2 aliphatic rings. The molecular formula is C16H22N4O3. The van der Waals surface area contributed by atoms with E-state index in [1.54, 1.807) is 7.11 Å². The van der Waals surface area contributed by atoms with Crippen molar-refractivity contribution in [3.63, 3.8) is 0 Å². The van der Waals surface area contributed by atoms with Gasteiger partial charge in [0.15, 0.2) is 0 Å². The van der Waals surface area contributed by atoms with E-state index < -0.39 is 6.04 Å². The van der Waals surface area contributed by atoms with Crippen molar-refractivity contribution in [2.45, 2.75) is 12.5 Å². The Kier molecular flexibility index (Phi) is 4.55. The van der Waals surface area contributed by atoms with Crippen LogP contribution in [0.4, 0.5) is 10.5 Å². The lowest BCUT2D eigenvalue weighted by atomic mass is 10.1. The number of nitrogens with one attached hydrogen (secondary N) is 3. The number of hydrogen-bond acceptors (Lipinski definition) is 4. The number of hydrogen-bond donors (Lipinski definition) is 3. The summed E-state index contributed by atoms with van der Waals surface area (Å²) in [4.78, 5) is 25.3. The number of anilines is 1. The van der Waals surface area contributed by atoms with E-state index in [1.807, 2.05) is 18.2 Å². The fourth-order valence-corrected chi connectivity index (χ4v) is 3.09. The Morgan fingerprint density at radius 3 is 3.00 bits per heavy atom. The summed E-state index contributed by atoms with van der Waals surface area (Å²) in [7, 11) is 1.68. The standard InChI is InChI=1S/C16H22N4O3/c1-23-14-5-3-2-4-13(14)20-7-6-11(10-20)8-17-15(21)12-9-18-16(22)19-12/h2-5,11-12H,6-10H2,1H3,(H,17,21)(H2,18,19,22)/t11-,12-/m0/s1. The van der Waals surface area contributed by atoms with E-state index in [0.29, 0.717) is 19.0 Å². The Morgan fingerprint density at radius 2 is 2.26 bits per heavy atom. The maximum Gasteiger partial charge on any atom is 0.315 e. The van der Waals surface area contributed by atoms with Gasteiger partial charge in [-0.1, -0.05) is 12.1 Å². The maximum absolute atomic E-state index is 12.0. The number of urea groups is 1. The van der Waals surface area contributed by atoms with Gasteiger partial charge in [0.2, 0.25) is 5.91 Å². The van der Waals surface area contributed by atoms with Crippen molar-refractivity contribution in [3.8, 4) is 5.75 Å². The lowest BCUT2D eigenvalue weighted by Gasteiger charge is -2.21. The smallest absolute Gasteiger partial charge is 0.315 e. The highest BCUT2D eigenvalue weighted by atomic mass is 16.5. The van der Waals surface area contributed by atoms with Crippen molar-refractivity contribution < 1.29 is 14.3 Å². The number of carbonyl (C=O) groups is 2. The molecular weight excluding hydrogens is 296 g/mol. The van der Waals surface area contributed by atoms with Crippen molar-refractivity contribution >= 4 is 17.6 Å². The monoisotopic (exact) mass is 318 g/mol. The highest BCUT2D eigenvalue weighted by Gasteiger charge is 2.29. The summed E-state index contributed by atoms with van der Waals surface area (Å²) in [5, 5.41) is 8.11. The quantitative estimate of drug-likeness (QED) is 0.730. The van der Waals surface area contributed by atoms with Crippen LogP contribution in [0.5, 0.6) is 5.75 Å². The van der Waals surface area contributed by atoms with Gasteiger partial charge in [-0.05, 0) is 24.5 Å². The van der Waals surface area contributed by atoms with Gasteiger partial charge in [-0.2, -0.15) is 0 Å². The normalized spacial score (nSPS) is 23.3. The zero-order valence-electron chi connectivity index (χ0n) is 13.2. The lowest BCUT2D eigenvalue weighted by Crippen LogP contribution is -2.44. The van der Waals surface area contributed by atoms with Crippen LogP contribution in [0, 0.1) is 5.92 Å².